The summed E-state index contributed by atoms with van der Waals surface area (Å²) in [5.41, 5.74) is 0.794. The van der Waals surface area contributed by atoms with Gasteiger partial charge in [0, 0.05) is 0 Å². The lowest BCUT2D eigenvalue weighted by atomic mass is 10.0. The molecule has 1 unspecified atom stereocenters. The summed E-state index contributed by atoms with van der Waals surface area (Å²) in [4.78, 5) is 47.2. The molecule has 0 aromatic heterocycles. The van der Waals surface area contributed by atoms with Crippen LogP contribution < -0.4 is 10.6 Å². The fourth-order valence-corrected chi connectivity index (χ4v) is 2.59. The molecule has 2 amide bonds. The van der Waals surface area contributed by atoms with E-state index in [1.165, 1.54) is 0 Å². The molecule has 0 aliphatic carbocycles. The zero-order valence-electron chi connectivity index (χ0n) is 15.1. The minimum absolute atomic E-state index is 0.0445. The summed E-state index contributed by atoms with van der Waals surface area (Å²) >= 11 is 2.96. The van der Waals surface area contributed by atoms with Crippen molar-refractivity contribution in [3.63, 3.8) is 0 Å². The van der Waals surface area contributed by atoms with Crippen molar-refractivity contribution in [3.05, 3.63) is 35.9 Å². The van der Waals surface area contributed by atoms with Crippen molar-refractivity contribution < 1.29 is 29.0 Å². The Kier molecular flexibility index (Phi) is 9.49. The molecule has 2 atom stereocenters. The summed E-state index contributed by atoms with van der Waals surface area (Å²) in [6.45, 7) is 3.46. The van der Waals surface area contributed by atoms with Crippen LogP contribution in [0.3, 0.4) is 0 Å². The Hall–Kier alpha value is -2.42. The second-order valence-electron chi connectivity index (χ2n) is 6.19. The van der Waals surface area contributed by atoms with E-state index in [1.54, 1.807) is 26.0 Å². The van der Waals surface area contributed by atoms with Gasteiger partial charge in [0.05, 0.1) is 17.8 Å². The standard InChI is InChI=1S/C18H23BrN2O6/c1-11(2)16(17(25)20-13(8-15(23)24)14(22)9-19)21-18(26)27-10-12-6-4-3-5-7-12/h3-7,11,13,16H,8-10H2,1-2H3,(H,20,25)(H,21,26)(H,23,24)/t13?,16-/m0/s1. The number of Topliss-reactive ketones (excluding diaryl/α,β-unsaturated/α-hetero) is 1. The number of halogens is 1. The minimum Gasteiger partial charge on any atom is -0.481 e. The van der Waals surface area contributed by atoms with Crippen LogP contribution in [0.15, 0.2) is 30.3 Å². The predicted molar refractivity (Wildman–Crippen MR) is 101 cm³/mol. The highest BCUT2D eigenvalue weighted by atomic mass is 79.9. The molecule has 0 saturated carbocycles. The van der Waals surface area contributed by atoms with Crippen LogP contribution in [0, 0.1) is 5.92 Å². The van der Waals surface area contributed by atoms with Crippen molar-refractivity contribution in [2.45, 2.75) is 39.0 Å². The number of hydrogen-bond acceptors (Lipinski definition) is 5. The maximum atomic E-state index is 12.5. The Bertz CT molecular complexity index is 665. The fourth-order valence-electron chi connectivity index (χ4n) is 2.20. The monoisotopic (exact) mass is 442 g/mol. The fraction of sp³-hybridized carbons (Fsp3) is 0.444. The normalized spacial score (nSPS) is 12.7. The highest BCUT2D eigenvalue weighted by Gasteiger charge is 2.29. The number of carboxylic acids is 1. The number of aliphatic carboxylic acids is 1. The van der Waals surface area contributed by atoms with Crippen molar-refractivity contribution >= 4 is 39.7 Å². The van der Waals surface area contributed by atoms with Crippen molar-refractivity contribution in [1.29, 1.82) is 0 Å². The van der Waals surface area contributed by atoms with Crippen LogP contribution in [0.4, 0.5) is 4.79 Å². The molecule has 0 bridgehead atoms. The second-order valence-corrected chi connectivity index (χ2v) is 6.75. The number of nitrogens with one attached hydrogen (secondary N) is 2. The number of carboxylic acid groups (broad SMARTS) is 1. The maximum absolute atomic E-state index is 12.5. The van der Waals surface area contributed by atoms with Crippen molar-refractivity contribution in [2.75, 3.05) is 5.33 Å². The molecule has 0 fully saturated rings. The number of alkyl carbamates (subject to hydrolysis) is 1. The van der Waals surface area contributed by atoms with Crippen LogP contribution >= 0.6 is 15.9 Å². The molecule has 3 N–H and O–H groups in total. The van der Waals surface area contributed by atoms with Gasteiger partial charge in [0.25, 0.3) is 0 Å². The van der Waals surface area contributed by atoms with Crippen molar-refractivity contribution in [1.82, 2.24) is 10.6 Å². The Morgan fingerprint density at radius 2 is 1.74 bits per heavy atom. The largest absolute Gasteiger partial charge is 0.481 e. The highest BCUT2D eigenvalue weighted by molar-refractivity contribution is 9.09. The lowest BCUT2D eigenvalue weighted by Crippen LogP contribution is -2.54. The molecule has 9 heteroatoms. The first-order chi connectivity index (χ1) is 12.7. The van der Waals surface area contributed by atoms with Crippen LogP contribution in [0.5, 0.6) is 0 Å². The van der Waals surface area contributed by atoms with Crippen LogP contribution in [-0.4, -0.2) is 46.3 Å². The van der Waals surface area contributed by atoms with E-state index in [0.717, 1.165) is 5.56 Å². The molecular formula is C18H23BrN2O6. The molecular weight excluding hydrogens is 420 g/mol. The summed E-state index contributed by atoms with van der Waals surface area (Å²) in [6, 6.07) is 6.88. The van der Waals surface area contributed by atoms with Crippen LogP contribution in [0.2, 0.25) is 0 Å². The van der Waals surface area contributed by atoms with E-state index in [0.29, 0.717) is 0 Å². The van der Waals surface area contributed by atoms with E-state index >= 15 is 0 Å². The molecule has 0 radical (unpaired) electrons. The number of hydrogen-bond donors (Lipinski definition) is 3. The van der Waals surface area contributed by atoms with Gasteiger partial charge in [-0.25, -0.2) is 4.79 Å². The molecule has 0 saturated heterocycles. The van der Waals surface area contributed by atoms with E-state index in [4.69, 9.17) is 9.84 Å². The molecule has 1 rings (SSSR count). The molecule has 148 valence electrons. The van der Waals surface area contributed by atoms with E-state index in [9.17, 15) is 19.2 Å². The third-order valence-electron chi connectivity index (χ3n) is 3.65. The molecule has 1 aromatic rings. The number of benzene rings is 1. The van der Waals surface area contributed by atoms with Gasteiger partial charge in [-0.15, -0.1) is 0 Å². The van der Waals surface area contributed by atoms with Crippen molar-refractivity contribution in [2.24, 2.45) is 5.92 Å². The van der Waals surface area contributed by atoms with Crippen LogP contribution in [0.1, 0.15) is 25.8 Å². The molecule has 0 aliphatic rings. The number of carbonyl (C=O) groups is 4. The van der Waals surface area contributed by atoms with Gasteiger partial charge in [0.1, 0.15) is 12.6 Å². The lowest BCUT2D eigenvalue weighted by Gasteiger charge is -2.24. The zero-order valence-corrected chi connectivity index (χ0v) is 16.7. The topological polar surface area (TPSA) is 122 Å². The van der Waals surface area contributed by atoms with Gasteiger partial charge >= 0.3 is 12.1 Å². The van der Waals surface area contributed by atoms with E-state index in [2.05, 4.69) is 26.6 Å². The van der Waals surface area contributed by atoms with Crippen LogP contribution in [0.25, 0.3) is 0 Å². The lowest BCUT2D eigenvalue weighted by molar-refractivity contribution is -0.140. The first kappa shape index (κ1) is 22.6. The van der Waals surface area contributed by atoms with Gasteiger partial charge < -0.3 is 20.5 Å². The summed E-state index contributed by atoms with van der Waals surface area (Å²) in [6.07, 6.45) is -1.33. The smallest absolute Gasteiger partial charge is 0.408 e. The molecule has 0 aliphatic heterocycles. The number of alkyl halides is 1. The quantitative estimate of drug-likeness (QED) is 0.475. The van der Waals surface area contributed by atoms with Gasteiger partial charge in [-0.05, 0) is 11.5 Å². The average Bonchev–Trinajstić information content (AvgIpc) is 2.63. The highest BCUT2D eigenvalue weighted by Crippen LogP contribution is 2.07. The van der Waals surface area contributed by atoms with Gasteiger partial charge in [0.15, 0.2) is 5.78 Å². The zero-order chi connectivity index (χ0) is 20.4. The number of amides is 2. The first-order valence-corrected chi connectivity index (χ1v) is 9.44. The number of carbonyl (C=O) groups excluding carboxylic acids is 3. The van der Waals surface area contributed by atoms with E-state index < -0.39 is 42.3 Å². The molecule has 27 heavy (non-hydrogen) atoms. The Labute approximate surface area is 165 Å². The Balaban J connectivity index is 2.69. The maximum Gasteiger partial charge on any atom is 0.408 e. The molecule has 0 heterocycles. The molecule has 1 aromatic carbocycles. The number of ether oxygens (including phenoxy) is 1. The average molecular weight is 443 g/mol. The Morgan fingerprint density at radius 3 is 2.26 bits per heavy atom. The number of ketones is 1. The molecule has 0 spiro atoms. The minimum atomic E-state index is -1.22. The third kappa shape index (κ3) is 8.21. The van der Waals surface area contributed by atoms with Gasteiger partial charge in [-0.3, -0.25) is 14.4 Å². The summed E-state index contributed by atoms with van der Waals surface area (Å²) < 4.78 is 5.10. The predicted octanol–water partition coefficient (Wildman–Crippen LogP) is 1.86. The second kappa shape index (κ2) is 11.3. The SMILES string of the molecule is CC(C)[C@H](NC(=O)OCc1ccccc1)C(=O)NC(CC(=O)O)C(=O)CBr. The van der Waals surface area contributed by atoms with Gasteiger partial charge in [0.2, 0.25) is 5.91 Å². The van der Waals surface area contributed by atoms with Gasteiger partial charge in [-0.2, -0.15) is 0 Å². The Morgan fingerprint density at radius 1 is 1.11 bits per heavy atom. The first-order valence-electron chi connectivity index (χ1n) is 8.32. The third-order valence-corrected chi connectivity index (χ3v) is 4.20. The van der Waals surface area contributed by atoms with Crippen LogP contribution in [-0.2, 0) is 25.7 Å². The summed E-state index contributed by atoms with van der Waals surface area (Å²) in [7, 11) is 0. The van der Waals surface area contributed by atoms with E-state index in [-0.39, 0.29) is 17.9 Å². The summed E-state index contributed by atoms with van der Waals surface area (Å²) in [5.74, 6) is -2.65. The van der Waals surface area contributed by atoms with Crippen molar-refractivity contribution in [3.8, 4) is 0 Å². The van der Waals surface area contributed by atoms with E-state index in [1.807, 2.05) is 18.2 Å². The number of rotatable bonds is 10. The summed E-state index contributed by atoms with van der Waals surface area (Å²) in [5, 5.41) is 13.7. The molecule has 8 nitrogen and oxygen atoms in total. The van der Waals surface area contributed by atoms with Gasteiger partial charge in [-0.1, -0.05) is 60.1 Å².